The molecule has 0 fully saturated rings. The van der Waals surface area contributed by atoms with Crippen LogP contribution in [0.2, 0.25) is 0 Å². The fraction of sp³-hybridized carbons (Fsp3) is 0. The van der Waals surface area contributed by atoms with Crippen molar-refractivity contribution in [2.45, 2.75) is 0 Å². The Kier molecular flexibility index (Phi) is 7.82. The van der Waals surface area contributed by atoms with Crippen molar-refractivity contribution in [2.24, 2.45) is 0 Å². The lowest BCUT2D eigenvalue weighted by atomic mass is 9.98. The van der Waals surface area contributed by atoms with Gasteiger partial charge in [-0.1, -0.05) is 146 Å². The van der Waals surface area contributed by atoms with Crippen molar-refractivity contribution in [1.82, 2.24) is 4.57 Å². The molecule has 0 unspecified atom stereocenters. The van der Waals surface area contributed by atoms with Crippen LogP contribution in [0, 0.1) is 0 Å². The van der Waals surface area contributed by atoms with Gasteiger partial charge in [0, 0.05) is 44.3 Å². The van der Waals surface area contributed by atoms with Gasteiger partial charge in [-0.3, -0.25) is 0 Å². The van der Waals surface area contributed by atoms with Crippen molar-refractivity contribution in [2.75, 3.05) is 4.90 Å². The average molecular weight is 729 g/mol. The van der Waals surface area contributed by atoms with Gasteiger partial charge in [0.05, 0.1) is 11.0 Å². The molecule has 0 N–H and O–H groups in total. The summed E-state index contributed by atoms with van der Waals surface area (Å²) in [5.41, 5.74) is 15.6. The second-order valence-electron chi connectivity index (χ2n) is 14.5. The summed E-state index contributed by atoms with van der Waals surface area (Å²) >= 11 is 0. The maximum Gasteiger partial charge on any atom is 0.136 e. The summed E-state index contributed by atoms with van der Waals surface area (Å²) in [7, 11) is 0. The minimum absolute atomic E-state index is 0.894. The summed E-state index contributed by atoms with van der Waals surface area (Å²) in [6.45, 7) is 0. The number of aromatic nitrogens is 1. The van der Waals surface area contributed by atoms with Gasteiger partial charge in [-0.2, -0.15) is 0 Å². The lowest BCUT2D eigenvalue weighted by molar-refractivity contribution is 0.669. The van der Waals surface area contributed by atoms with Crippen molar-refractivity contribution >= 4 is 60.8 Å². The van der Waals surface area contributed by atoms with Gasteiger partial charge in [0.15, 0.2) is 0 Å². The van der Waals surface area contributed by atoms with E-state index < -0.39 is 0 Å². The number of hydrogen-bond donors (Lipinski definition) is 0. The van der Waals surface area contributed by atoms with Crippen LogP contribution in [0.25, 0.3) is 82.8 Å². The normalized spacial score (nSPS) is 11.5. The van der Waals surface area contributed by atoms with Crippen LogP contribution in [0.15, 0.2) is 223 Å². The number of anilines is 3. The number of benzene rings is 9. The highest BCUT2D eigenvalue weighted by Crippen LogP contribution is 2.42. The van der Waals surface area contributed by atoms with Gasteiger partial charge >= 0.3 is 0 Å². The first-order valence-corrected chi connectivity index (χ1v) is 19.4. The number of rotatable bonds is 7. The zero-order valence-electron chi connectivity index (χ0n) is 31.1. The van der Waals surface area contributed by atoms with Crippen LogP contribution < -0.4 is 4.90 Å². The summed E-state index contributed by atoms with van der Waals surface area (Å²) in [5.74, 6) is 0. The van der Waals surface area contributed by atoms with Crippen LogP contribution >= 0.6 is 0 Å². The van der Waals surface area contributed by atoms with Crippen LogP contribution in [-0.2, 0) is 0 Å². The molecule has 2 heterocycles. The monoisotopic (exact) mass is 728 g/mol. The lowest BCUT2D eigenvalue weighted by Crippen LogP contribution is -2.10. The van der Waals surface area contributed by atoms with Crippen LogP contribution in [0.3, 0.4) is 0 Å². The van der Waals surface area contributed by atoms with E-state index in [0.717, 1.165) is 61.4 Å². The van der Waals surface area contributed by atoms with Crippen molar-refractivity contribution in [3.05, 3.63) is 218 Å². The summed E-state index contributed by atoms with van der Waals surface area (Å²) in [5, 5.41) is 4.80. The number of fused-ring (bicyclic) bond motifs is 6. The zero-order chi connectivity index (χ0) is 37.7. The molecular formula is C54H36N2O. The van der Waals surface area contributed by atoms with Gasteiger partial charge in [0.2, 0.25) is 0 Å². The minimum atomic E-state index is 0.894. The number of nitrogens with zero attached hydrogens (tertiary/aromatic N) is 2. The third kappa shape index (κ3) is 5.68. The molecule has 0 atom stereocenters. The second kappa shape index (κ2) is 13.6. The van der Waals surface area contributed by atoms with E-state index in [1.807, 2.05) is 12.1 Å². The molecule has 9 aromatic carbocycles. The van der Waals surface area contributed by atoms with E-state index in [4.69, 9.17) is 4.42 Å². The average Bonchev–Trinajstić information content (AvgIpc) is 3.84. The van der Waals surface area contributed by atoms with Gasteiger partial charge in [0.25, 0.3) is 0 Å². The molecule has 11 rings (SSSR count). The Balaban J connectivity index is 0.994. The smallest absolute Gasteiger partial charge is 0.136 e. The molecule has 3 nitrogen and oxygen atoms in total. The van der Waals surface area contributed by atoms with Gasteiger partial charge in [0.1, 0.15) is 11.2 Å². The molecular weight excluding hydrogens is 693 g/mol. The van der Waals surface area contributed by atoms with Gasteiger partial charge in [-0.25, -0.2) is 0 Å². The van der Waals surface area contributed by atoms with E-state index in [0.29, 0.717) is 0 Å². The minimum Gasteiger partial charge on any atom is -0.456 e. The fourth-order valence-corrected chi connectivity index (χ4v) is 8.54. The van der Waals surface area contributed by atoms with Gasteiger partial charge in [-0.15, -0.1) is 0 Å². The maximum atomic E-state index is 6.28. The highest BCUT2D eigenvalue weighted by Gasteiger charge is 2.18. The Morgan fingerprint density at radius 1 is 0.333 bits per heavy atom. The van der Waals surface area contributed by atoms with Crippen molar-refractivity contribution in [3.8, 4) is 39.1 Å². The SMILES string of the molecule is c1ccc(-c2cccc(N(c3ccc(-c4ccc(-n5c6ccccc6c6ccccc65)cc4)cc3)c3cccc(-c4cccc5oc6ccccc6c45)c3)c2)cc1. The molecule has 11 aromatic rings. The third-order valence-electron chi connectivity index (χ3n) is 11.2. The van der Waals surface area contributed by atoms with Gasteiger partial charge < -0.3 is 13.9 Å². The van der Waals surface area contributed by atoms with Crippen LogP contribution in [-0.4, -0.2) is 4.57 Å². The van der Waals surface area contributed by atoms with E-state index in [2.05, 4.69) is 216 Å². The largest absolute Gasteiger partial charge is 0.456 e. The predicted molar refractivity (Wildman–Crippen MR) is 239 cm³/mol. The Morgan fingerprint density at radius 3 is 1.54 bits per heavy atom. The Labute approximate surface area is 330 Å². The molecule has 0 saturated carbocycles. The quantitative estimate of drug-likeness (QED) is 0.163. The standard InChI is InChI=1S/C54H36N2O/c1-2-13-37(14-3-1)40-15-10-17-44(35-40)55(45-18-11-16-41(36-45)46-22-12-26-53-54(46)49-21-6-9-25-52(49)57-53)42-31-27-38(28-32-42)39-29-33-43(34-30-39)56-50-23-7-4-19-47(50)48-20-5-8-24-51(48)56/h1-36H. The molecule has 0 spiro atoms. The summed E-state index contributed by atoms with van der Waals surface area (Å²) in [4.78, 5) is 2.36. The summed E-state index contributed by atoms with van der Waals surface area (Å²) in [6, 6.07) is 78.1. The molecule has 0 aliphatic carbocycles. The molecule has 57 heavy (non-hydrogen) atoms. The van der Waals surface area contributed by atoms with E-state index in [1.165, 1.54) is 38.5 Å². The zero-order valence-corrected chi connectivity index (χ0v) is 31.1. The number of furan rings is 1. The fourth-order valence-electron chi connectivity index (χ4n) is 8.54. The number of para-hydroxylation sites is 3. The van der Waals surface area contributed by atoms with Crippen LogP contribution in [0.4, 0.5) is 17.1 Å². The Hall–Kier alpha value is -7.62. The lowest BCUT2D eigenvalue weighted by Gasteiger charge is -2.27. The first-order valence-electron chi connectivity index (χ1n) is 19.4. The van der Waals surface area contributed by atoms with Crippen LogP contribution in [0.1, 0.15) is 0 Å². The van der Waals surface area contributed by atoms with Crippen molar-refractivity contribution in [1.29, 1.82) is 0 Å². The molecule has 2 aromatic heterocycles. The van der Waals surface area contributed by atoms with Crippen molar-refractivity contribution < 1.29 is 4.42 Å². The molecule has 0 saturated heterocycles. The summed E-state index contributed by atoms with van der Waals surface area (Å²) < 4.78 is 8.65. The van der Waals surface area contributed by atoms with Gasteiger partial charge in [-0.05, 0) is 106 Å². The predicted octanol–water partition coefficient (Wildman–Crippen LogP) is 15.2. The maximum absolute atomic E-state index is 6.28. The first-order chi connectivity index (χ1) is 28.3. The van der Waals surface area contributed by atoms with E-state index in [9.17, 15) is 0 Å². The van der Waals surface area contributed by atoms with E-state index in [1.54, 1.807) is 0 Å². The molecule has 0 radical (unpaired) electrons. The van der Waals surface area contributed by atoms with Crippen LogP contribution in [0.5, 0.6) is 0 Å². The topological polar surface area (TPSA) is 21.3 Å². The molecule has 0 bridgehead atoms. The molecule has 3 heteroatoms. The molecule has 0 amide bonds. The molecule has 0 aliphatic rings. The highest BCUT2D eigenvalue weighted by molar-refractivity contribution is 6.12. The number of hydrogen-bond acceptors (Lipinski definition) is 2. The Morgan fingerprint density at radius 2 is 0.842 bits per heavy atom. The van der Waals surface area contributed by atoms with E-state index >= 15 is 0 Å². The van der Waals surface area contributed by atoms with Crippen molar-refractivity contribution in [3.63, 3.8) is 0 Å². The second-order valence-corrected chi connectivity index (χ2v) is 14.5. The summed E-state index contributed by atoms with van der Waals surface area (Å²) in [6.07, 6.45) is 0. The van der Waals surface area contributed by atoms with E-state index in [-0.39, 0.29) is 0 Å². The Bertz CT molecular complexity index is 3170. The first kappa shape index (κ1) is 32.8. The third-order valence-corrected chi connectivity index (χ3v) is 11.2. The molecule has 268 valence electrons. The highest BCUT2D eigenvalue weighted by atomic mass is 16.3. The molecule has 0 aliphatic heterocycles.